The van der Waals surface area contributed by atoms with Crippen LogP contribution in [-0.4, -0.2) is 62.2 Å². The molecule has 2 aliphatic rings. The van der Waals surface area contributed by atoms with E-state index in [0.717, 1.165) is 50.3 Å². The van der Waals surface area contributed by atoms with Gasteiger partial charge in [-0.15, -0.1) is 19.2 Å². The van der Waals surface area contributed by atoms with Crippen molar-refractivity contribution >= 4 is 47.2 Å². The molecule has 1 atom stereocenters. The van der Waals surface area contributed by atoms with E-state index in [0.29, 0.717) is 52.7 Å². The molecule has 1 fully saturated rings. The Morgan fingerprint density at radius 3 is 2.71 bits per heavy atom. The second kappa shape index (κ2) is 13.2. The molecule has 1 unspecified atom stereocenters. The van der Waals surface area contributed by atoms with Gasteiger partial charge in [-0.1, -0.05) is 24.3 Å². The van der Waals surface area contributed by atoms with Gasteiger partial charge in [0.15, 0.2) is 5.65 Å². The summed E-state index contributed by atoms with van der Waals surface area (Å²) >= 11 is 4.52. The van der Waals surface area contributed by atoms with E-state index in [9.17, 15) is 14.7 Å². The molecule has 3 N–H and O–H groups in total. The van der Waals surface area contributed by atoms with Gasteiger partial charge in [0, 0.05) is 48.9 Å². The second-order valence-electron chi connectivity index (χ2n) is 10.5. The zero-order valence-electron chi connectivity index (χ0n) is 23.0. The van der Waals surface area contributed by atoms with Crippen molar-refractivity contribution in [1.82, 2.24) is 19.5 Å². The van der Waals surface area contributed by atoms with Crippen molar-refractivity contribution in [2.75, 3.05) is 30.3 Å². The Morgan fingerprint density at radius 2 is 1.98 bits per heavy atom. The fraction of sp³-hybridized carbons (Fsp3) is 0.355. The number of anilines is 2. The quantitative estimate of drug-likeness (QED) is 0.201. The lowest BCUT2D eigenvalue weighted by Crippen LogP contribution is -2.38. The molecule has 2 amide bonds. The van der Waals surface area contributed by atoms with Crippen molar-refractivity contribution < 1.29 is 14.7 Å². The molecule has 10 heteroatoms. The Bertz CT molecular complexity index is 1470. The van der Waals surface area contributed by atoms with Crippen molar-refractivity contribution in [2.45, 2.75) is 49.5 Å². The maximum absolute atomic E-state index is 13.1. The Hall–Kier alpha value is -3.89. The van der Waals surface area contributed by atoms with Gasteiger partial charge >= 0.3 is 0 Å². The molecule has 3 aromatic rings. The van der Waals surface area contributed by atoms with Gasteiger partial charge in [-0.3, -0.25) is 9.59 Å². The minimum absolute atomic E-state index is 0.0214. The van der Waals surface area contributed by atoms with Crippen LogP contribution in [0.4, 0.5) is 11.5 Å². The smallest absolute Gasteiger partial charge is 0.253 e. The van der Waals surface area contributed by atoms with Crippen LogP contribution in [-0.2, 0) is 4.79 Å². The first-order chi connectivity index (χ1) is 19.9. The molecule has 0 saturated carbocycles. The predicted molar refractivity (Wildman–Crippen MR) is 164 cm³/mol. The zero-order chi connectivity index (χ0) is 28.8. The highest BCUT2D eigenvalue weighted by Crippen LogP contribution is 2.28. The molecule has 0 spiro atoms. The number of aromatic nitrogens is 3. The summed E-state index contributed by atoms with van der Waals surface area (Å²) in [6, 6.07) is 9.03. The van der Waals surface area contributed by atoms with E-state index in [2.05, 4.69) is 34.9 Å². The number of nitrogens with zero attached hydrogens (tertiary/aromatic N) is 4. The van der Waals surface area contributed by atoms with Crippen LogP contribution in [0.5, 0.6) is 0 Å². The maximum Gasteiger partial charge on any atom is 0.253 e. The van der Waals surface area contributed by atoms with Gasteiger partial charge < -0.3 is 20.6 Å². The number of piperidine rings is 1. The number of likely N-dealkylation sites (tertiary alicyclic amines) is 1. The van der Waals surface area contributed by atoms with Crippen LogP contribution in [0, 0.1) is 5.92 Å². The van der Waals surface area contributed by atoms with Gasteiger partial charge in [-0.25, -0.2) is 4.98 Å². The summed E-state index contributed by atoms with van der Waals surface area (Å²) in [6.07, 6.45) is 13.0. The molecule has 41 heavy (non-hydrogen) atoms. The Labute approximate surface area is 245 Å². The molecule has 0 bridgehead atoms. The number of hydrogen-bond acceptors (Lipinski definition) is 7. The van der Waals surface area contributed by atoms with Crippen molar-refractivity contribution in [1.29, 1.82) is 0 Å². The summed E-state index contributed by atoms with van der Waals surface area (Å²) in [5.41, 5.74) is 3.45. The van der Waals surface area contributed by atoms with Crippen LogP contribution in [0.2, 0.25) is 0 Å². The standard InChI is InChI=1S/C31H36N6O3S/c1-2-3-8-29(39)34-23-11-9-22(10-12-23)31(40)36-17-14-21(15-18-36)13-16-32-28-19-25(24-6-4-5-7-26(24)38)35-30-27(41)20-33-37(28)30/h2,4-6,9-12,19-21,26,32,38,41H,1,3,7-8,13-18H2,(H,34,39). The van der Waals surface area contributed by atoms with E-state index >= 15 is 0 Å². The van der Waals surface area contributed by atoms with Gasteiger partial charge in [0.2, 0.25) is 5.91 Å². The molecular formula is C31H36N6O3S. The third-order valence-electron chi connectivity index (χ3n) is 7.63. The van der Waals surface area contributed by atoms with Gasteiger partial charge in [-0.05, 0) is 62.3 Å². The van der Waals surface area contributed by atoms with Gasteiger partial charge in [-0.2, -0.15) is 9.61 Å². The topological polar surface area (TPSA) is 112 Å². The minimum Gasteiger partial charge on any atom is -0.388 e. The second-order valence-corrected chi connectivity index (χ2v) is 11.0. The van der Waals surface area contributed by atoms with Crippen molar-refractivity contribution in [3.63, 3.8) is 0 Å². The molecule has 1 aliphatic heterocycles. The highest BCUT2D eigenvalue weighted by molar-refractivity contribution is 7.80. The van der Waals surface area contributed by atoms with Crippen molar-refractivity contribution in [3.05, 3.63) is 78.7 Å². The summed E-state index contributed by atoms with van der Waals surface area (Å²) in [5.74, 6) is 1.26. The van der Waals surface area contributed by atoms with Crippen LogP contribution in [0.3, 0.4) is 0 Å². The number of thiol groups is 1. The van der Waals surface area contributed by atoms with E-state index in [4.69, 9.17) is 4.98 Å². The highest BCUT2D eigenvalue weighted by Gasteiger charge is 2.24. The number of benzene rings is 1. The van der Waals surface area contributed by atoms with Crippen molar-refractivity contribution in [2.24, 2.45) is 5.92 Å². The number of allylic oxidation sites excluding steroid dienone is 3. The van der Waals surface area contributed by atoms with E-state index in [-0.39, 0.29) is 11.8 Å². The number of amides is 2. The fourth-order valence-electron chi connectivity index (χ4n) is 5.26. The molecule has 2 aromatic heterocycles. The molecule has 5 rings (SSSR count). The molecule has 1 aromatic carbocycles. The molecule has 1 aliphatic carbocycles. The first-order valence-electron chi connectivity index (χ1n) is 14.1. The molecule has 3 heterocycles. The maximum atomic E-state index is 13.1. The number of aliphatic hydroxyl groups excluding tert-OH is 1. The Morgan fingerprint density at radius 1 is 1.20 bits per heavy atom. The Kier molecular flexibility index (Phi) is 9.21. The Balaban J connectivity index is 1.13. The van der Waals surface area contributed by atoms with E-state index in [1.165, 1.54) is 0 Å². The molecule has 1 saturated heterocycles. The van der Waals surface area contributed by atoms with Crippen LogP contribution >= 0.6 is 12.6 Å². The number of aliphatic hydroxyl groups is 1. The van der Waals surface area contributed by atoms with Gasteiger partial charge in [0.05, 0.1) is 22.9 Å². The fourth-order valence-corrected chi connectivity index (χ4v) is 5.46. The molecule has 214 valence electrons. The summed E-state index contributed by atoms with van der Waals surface area (Å²) in [4.78, 5) is 32.3. The van der Waals surface area contributed by atoms with E-state index < -0.39 is 6.10 Å². The molecule has 9 nitrogen and oxygen atoms in total. The van der Waals surface area contributed by atoms with Crippen LogP contribution in [0.15, 0.2) is 72.3 Å². The highest BCUT2D eigenvalue weighted by atomic mass is 32.1. The summed E-state index contributed by atoms with van der Waals surface area (Å²) in [7, 11) is 0. The van der Waals surface area contributed by atoms with Crippen molar-refractivity contribution in [3.8, 4) is 0 Å². The third kappa shape index (κ3) is 6.89. The monoisotopic (exact) mass is 572 g/mol. The summed E-state index contributed by atoms with van der Waals surface area (Å²) < 4.78 is 1.75. The lowest BCUT2D eigenvalue weighted by Gasteiger charge is -2.32. The van der Waals surface area contributed by atoms with E-state index in [1.54, 1.807) is 41.1 Å². The number of carbonyl (C=O) groups excluding carboxylic acids is 2. The number of rotatable bonds is 10. The SMILES string of the molecule is C=CCCC(=O)Nc1ccc(C(=O)N2CCC(CCNc3cc(C4=CC=CCC4O)nc4c(S)cnn34)CC2)cc1. The molecule has 0 radical (unpaired) electrons. The first-order valence-corrected chi connectivity index (χ1v) is 14.5. The normalized spacial score (nSPS) is 17.4. The average molecular weight is 573 g/mol. The summed E-state index contributed by atoms with van der Waals surface area (Å²) in [5, 5.41) is 21.3. The van der Waals surface area contributed by atoms with Crippen LogP contribution < -0.4 is 10.6 Å². The largest absolute Gasteiger partial charge is 0.388 e. The summed E-state index contributed by atoms with van der Waals surface area (Å²) in [6.45, 7) is 5.82. The number of fused-ring (bicyclic) bond motifs is 1. The van der Waals surface area contributed by atoms with Gasteiger partial charge in [0.25, 0.3) is 5.91 Å². The lowest BCUT2D eigenvalue weighted by atomic mass is 9.93. The van der Waals surface area contributed by atoms with Crippen LogP contribution in [0.1, 0.15) is 54.6 Å². The number of hydrogen-bond donors (Lipinski definition) is 4. The van der Waals surface area contributed by atoms with Gasteiger partial charge in [0.1, 0.15) is 5.82 Å². The average Bonchev–Trinajstić information content (AvgIpc) is 3.37. The zero-order valence-corrected chi connectivity index (χ0v) is 23.9. The minimum atomic E-state index is -0.590. The predicted octanol–water partition coefficient (Wildman–Crippen LogP) is 4.98. The lowest BCUT2D eigenvalue weighted by molar-refractivity contribution is -0.116. The van der Waals surface area contributed by atoms with E-state index in [1.807, 2.05) is 29.2 Å². The third-order valence-corrected chi connectivity index (χ3v) is 7.95. The number of nitrogens with one attached hydrogen (secondary N) is 2. The number of carbonyl (C=O) groups is 2. The first kappa shape index (κ1) is 28.6. The van der Waals surface area contributed by atoms with Crippen LogP contribution in [0.25, 0.3) is 11.2 Å². The molecular weight excluding hydrogens is 536 g/mol.